The van der Waals surface area contributed by atoms with Crippen molar-refractivity contribution in [2.24, 2.45) is 5.16 Å². The van der Waals surface area contributed by atoms with Crippen molar-refractivity contribution in [1.82, 2.24) is 0 Å². The number of anilines is 1. The van der Waals surface area contributed by atoms with E-state index in [2.05, 4.69) is 43.0 Å². The highest BCUT2D eigenvalue weighted by atomic mass is 16.8. The van der Waals surface area contributed by atoms with Gasteiger partial charge in [-0.25, -0.2) is 0 Å². The van der Waals surface area contributed by atoms with Crippen molar-refractivity contribution in [2.45, 2.75) is 19.8 Å². The normalized spacial score (nSPS) is 9.40. The Kier molecular flexibility index (Phi) is 4.41. The molecule has 1 aromatic carbocycles. The smallest absolute Gasteiger partial charge is 0.0776 e. The van der Waals surface area contributed by atoms with Crippen LogP contribution < -0.4 is 5.48 Å². The monoisotopic (exact) mass is 204 g/mol. The summed E-state index contributed by atoms with van der Waals surface area (Å²) in [7, 11) is 0. The molecule has 0 spiro atoms. The molecule has 0 aliphatic heterocycles. The van der Waals surface area contributed by atoms with Crippen LogP contribution >= 0.6 is 0 Å². The second kappa shape index (κ2) is 5.86. The lowest BCUT2D eigenvalue weighted by Gasteiger charge is -2.09. The molecule has 0 heterocycles. The summed E-state index contributed by atoms with van der Waals surface area (Å²) in [4.78, 5) is 4.71. The molecule has 0 amide bonds. The number of rotatable bonds is 6. The van der Waals surface area contributed by atoms with Crippen molar-refractivity contribution in [3.8, 4) is 0 Å². The predicted molar refractivity (Wildman–Crippen MR) is 64.0 cm³/mol. The topological polar surface area (TPSA) is 33.6 Å². The molecular formula is C12H16N2O. The van der Waals surface area contributed by atoms with Gasteiger partial charge in [0.1, 0.15) is 0 Å². The van der Waals surface area contributed by atoms with Crippen LogP contribution in [0.2, 0.25) is 0 Å². The molecule has 0 aromatic heterocycles. The van der Waals surface area contributed by atoms with Crippen LogP contribution in [0.5, 0.6) is 0 Å². The predicted octanol–water partition coefficient (Wildman–Crippen LogP) is 2.94. The van der Waals surface area contributed by atoms with E-state index in [1.807, 2.05) is 12.1 Å². The van der Waals surface area contributed by atoms with E-state index < -0.39 is 0 Å². The number of allylic oxidation sites excluding steroid dienone is 1. The molecule has 0 atom stereocenters. The average Bonchev–Trinajstić information content (AvgIpc) is 2.27. The Hall–Kier alpha value is -1.77. The summed E-state index contributed by atoms with van der Waals surface area (Å²) < 4.78 is 0. The Morgan fingerprint density at radius 3 is 2.93 bits per heavy atom. The van der Waals surface area contributed by atoms with Crippen LogP contribution in [0.4, 0.5) is 5.69 Å². The highest BCUT2D eigenvalue weighted by Crippen LogP contribution is 2.19. The number of nitrogens with zero attached hydrogens (tertiary/aromatic N) is 1. The van der Waals surface area contributed by atoms with E-state index >= 15 is 0 Å². The molecule has 0 bridgehead atoms. The summed E-state index contributed by atoms with van der Waals surface area (Å²) in [6.45, 7) is 9.09. The largest absolute Gasteiger partial charge is 0.271 e. The molecule has 1 aromatic rings. The first-order valence-electron chi connectivity index (χ1n) is 4.92. The van der Waals surface area contributed by atoms with E-state index in [-0.39, 0.29) is 0 Å². The van der Waals surface area contributed by atoms with Gasteiger partial charge in [0, 0.05) is 6.72 Å². The fraction of sp³-hybridized carbons (Fsp3) is 0.250. The van der Waals surface area contributed by atoms with E-state index in [0.29, 0.717) is 0 Å². The summed E-state index contributed by atoms with van der Waals surface area (Å²) in [5, 5.41) is 3.29. The maximum Gasteiger partial charge on any atom is 0.0776 e. The van der Waals surface area contributed by atoms with E-state index in [0.717, 1.165) is 24.1 Å². The van der Waals surface area contributed by atoms with Gasteiger partial charge in [0.05, 0.1) is 5.69 Å². The first kappa shape index (κ1) is 11.3. The van der Waals surface area contributed by atoms with Gasteiger partial charge in [-0.05, 0) is 30.0 Å². The van der Waals surface area contributed by atoms with Gasteiger partial charge in [-0.1, -0.05) is 30.3 Å². The molecule has 1 N–H and O–H groups in total. The minimum absolute atomic E-state index is 0.802. The Morgan fingerprint density at radius 1 is 1.53 bits per heavy atom. The SMILES string of the molecule is C=CCc1cc(CC)ccc1NON=C. The van der Waals surface area contributed by atoms with Gasteiger partial charge in [-0.2, -0.15) is 5.48 Å². The molecule has 3 nitrogen and oxygen atoms in total. The van der Waals surface area contributed by atoms with Crippen LogP contribution in [-0.4, -0.2) is 6.72 Å². The lowest BCUT2D eigenvalue weighted by molar-refractivity contribution is 0.211. The number of aryl methyl sites for hydroxylation is 1. The van der Waals surface area contributed by atoms with E-state index in [1.165, 1.54) is 5.56 Å². The molecule has 0 unspecified atom stereocenters. The minimum Gasteiger partial charge on any atom is -0.271 e. The molecule has 0 saturated heterocycles. The second-order valence-corrected chi connectivity index (χ2v) is 3.16. The van der Waals surface area contributed by atoms with E-state index in [9.17, 15) is 0 Å². The van der Waals surface area contributed by atoms with Gasteiger partial charge >= 0.3 is 0 Å². The van der Waals surface area contributed by atoms with Crippen molar-refractivity contribution in [2.75, 3.05) is 5.48 Å². The third kappa shape index (κ3) is 3.13. The van der Waals surface area contributed by atoms with Gasteiger partial charge in [0.15, 0.2) is 0 Å². The van der Waals surface area contributed by atoms with Gasteiger partial charge in [0.2, 0.25) is 0 Å². The van der Waals surface area contributed by atoms with Gasteiger partial charge in [-0.3, -0.25) is 4.94 Å². The lowest BCUT2D eigenvalue weighted by Crippen LogP contribution is -1.99. The molecule has 3 heteroatoms. The number of nitrogens with one attached hydrogen (secondary N) is 1. The number of benzene rings is 1. The zero-order valence-electron chi connectivity index (χ0n) is 8.99. The van der Waals surface area contributed by atoms with Crippen LogP contribution in [0.3, 0.4) is 0 Å². The van der Waals surface area contributed by atoms with Crippen molar-refractivity contribution >= 4 is 12.4 Å². The number of hydrogen-bond donors (Lipinski definition) is 1. The molecule has 80 valence electrons. The maximum atomic E-state index is 4.71. The van der Waals surface area contributed by atoms with Crippen molar-refractivity contribution in [3.05, 3.63) is 42.0 Å². The fourth-order valence-corrected chi connectivity index (χ4v) is 1.37. The highest BCUT2D eigenvalue weighted by Gasteiger charge is 2.02. The van der Waals surface area contributed by atoms with Crippen LogP contribution in [0, 0.1) is 0 Å². The third-order valence-electron chi connectivity index (χ3n) is 2.16. The maximum absolute atomic E-state index is 4.71. The molecule has 0 saturated carbocycles. The lowest BCUT2D eigenvalue weighted by atomic mass is 10.0. The summed E-state index contributed by atoms with van der Waals surface area (Å²) in [6, 6.07) is 6.17. The molecule has 1 rings (SSSR count). The Balaban J connectivity index is 2.91. The average molecular weight is 204 g/mol. The Bertz CT molecular complexity index is 347. The minimum atomic E-state index is 0.802. The van der Waals surface area contributed by atoms with Crippen LogP contribution in [-0.2, 0) is 17.8 Å². The standard InChI is InChI=1S/C12H16N2O/c1-4-6-11-9-10(5-2)7-8-12(11)14-15-13-3/h4,7-9,14H,1,3,5-6H2,2H3. The zero-order chi connectivity index (χ0) is 11.1. The number of hydrogen-bond acceptors (Lipinski definition) is 3. The summed E-state index contributed by atoms with van der Waals surface area (Å²) >= 11 is 0. The first-order chi connectivity index (χ1) is 7.31. The molecule has 0 aliphatic rings. The highest BCUT2D eigenvalue weighted by molar-refractivity contribution is 5.52. The zero-order valence-corrected chi connectivity index (χ0v) is 8.99. The number of oxime groups is 1. The van der Waals surface area contributed by atoms with Gasteiger partial charge in [0.25, 0.3) is 0 Å². The van der Waals surface area contributed by atoms with Crippen molar-refractivity contribution in [3.63, 3.8) is 0 Å². The van der Waals surface area contributed by atoms with Crippen LogP contribution in [0.1, 0.15) is 18.1 Å². The fourth-order valence-electron chi connectivity index (χ4n) is 1.37. The van der Waals surface area contributed by atoms with Gasteiger partial charge < -0.3 is 0 Å². The summed E-state index contributed by atoms with van der Waals surface area (Å²) in [5.41, 5.74) is 6.07. The summed E-state index contributed by atoms with van der Waals surface area (Å²) in [6.07, 6.45) is 3.68. The van der Waals surface area contributed by atoms with Crippen molar-refractivity contribution in [1.29, 1.82) is 0 Å². The third-order valence-corrected chi connectivity index (χ3v) is 2.16. The molecular weight excluding hydrogens is 188 g/mol. The van der Waals surface area contributed by atoms with Crippen molar-refractivity contribution < 1.29 is 4.94 Å². The van der Waals surface area contributed by atoms with Crippen LogP contribution in [0.25, 0.3) is 0 Å². The Labute approximate surface area is 90.4 Å². The van der Waals surface area contributed by atoms with Gasteiger partial charge in [-0.15, -0.1) is 6.58 Å². The quantitative estimate of drug-likeness (QED) is 0.439. The summed E-state index contributed by atoms with van der Waals surface area (Å²) in [5.74, 6) is 0. The molecule has 0 radical (unpaired) electrons. The van der Waals surface area contributed by atoms with E-state index in [1.54, 1.807) is 0 Å². The molecule has 15 heavy (non-hydrogen) atoms. The first-order valence-corrected chi connectivity index (χ1v) is 4.92. The Morgan fingerprint density at radius 2 is 2.33 bits per heavy atom. The van der Waals surface area contributed by atoms with E-state index in [4.69, 9.17) is 4.94 Å². The molecule has 0 fully saturated rings. The molecule has 0 aliphatic carbocycles. The second-order valence-electron chi connectivity index (χ2n) is 3.16. The van der Waals surface area contributed by atoms with Crippen LogP contribution in [0.15, 0.2) is 36.0 Å².